The lowest BCUT2D eigenvalue weighted by Gasteiger charge is -2.08. The van der Waals surface area contributed by atoms with Crippen molar-refractivity contribution in [2.24, 2.45) is 0 Å². The van der Waals surface area contributed by atoms with Crippen LogP contribution in [0.5, 0.6) is 0 Å². The van der Waals surface area contributed by atoms with Crippen molar-refractivity contribution < 1.29 is 18.7 Å². The molecule has 1 aromatic carbocycles. The van der Waals surface area contributed by atoms with Crippen LogP contribution >= 0.6 is 15.9 Å². The maximum atomic E-state index is 13.1. The quantitative estimate of drug-likeness (QED) is 0.857. The average Bonchev–Trinajstić information content (AvgIpc) is 2.67. The number of rotatable bonds is 4. The van der Waals surface area contributed by atoms with Gasteiger partial charge in [0.05, 0.1) is 19.6 Å². The molecule has 1 fully saturated rings. The van der Waals surface area contributed by atoms with Crippen LogP contribution in [0.3, 0.4) is 0 Å². The van der Waals surface area contributed by atoms with Gasteiger partial charge in [-0.15, -0.1) is 0 Å². The highest BCUT2D eigenvalue weighted by molar-refractivity contribution is 9.10. The number of Topliss-reactive ketones (excluding diaryl/α,β-unsaturated/α-hetero) is 1. The normalized spacial score (nSPS) is 16.4. The molecule has 0 bridgehead atoms. The molecule has 3 nitrogen and oxygen atoms in total. The van der Waals surface area contributed by atoms with Crippen molar-refractivity contribution in [1.29, 1.82) is 0 Å². The molecule has 0 unspecified atom stereocenters. The van der Waals surface area contributed by atoms with Crippen LogP contribution in [0.1, 0.15) is 12.0 Å². The second kappa shape index (κ2) is 5.71. The van der Waals surface area contributed by atoms with E-state index in [0.717, 1.165) is 0 Å². The summed E-state index contributed by atoms with van der Waals surface area (Å²) in [4.78, 5) is 11.7. The van der Waals surface area contributed by atoms with Crippen molar-refractivity contribution in [3.63, 3.8) is 0 Å². The van der Waals surface area contributed by atoms with Crippen molar-refractivity contribution >= 4 is 21.7 Å². The van der Waals surface area contributed by atoms with Crippen LogP contribution in [0.15, 0.2) is 22.7 Å². The van der Waals surface area contributed by atoms with E-state index < -0.39 is 6.29 Å². The summed E-state index contributed by atoms with van der Waals surface area (Å²) in [6, 6.07) is 4.45. The van der Waals surface area contributed by atoms with Crippen molar-refractivity contribution in [1.82, 2.24) is 0 Å². The Labute approximate surface area is 107 Å². The molecule has 1 heterocycles. The number of ketones is 1. The first-order chi connectivity index (χ1) is 8.13. The Morgan fingerprint density at radius 1 is 1.35 bits per heavy atom. The fraction of sp³-hybridized carbons (Fsp3) is 0.417. The topological polar surface area (TPSA) is 35.5 Å². The molecule has 92 valence electrons. The second-order valence-electron chi connectivity index (χ2n) is 3.87. The zero-order valence-electron chi connectivity index (χ0n) is 9.12. The molecule has 0 saturated carbocycles. The lowest BCUT2D eigenvalue weighted by atomic mass is 10.1. The third kappa shape index (κ3) is 3.87. The number of hydrogen-bond donors (Lipinski definition) is 0. The molecule has 17 heavy (non-hydrogen) atoms. The van der Waals surface area contributed by atoms with E-state index >= 15 is 0 Å². The van der Waals surface area contributed by atoms with Gasteiger partial charge in [0.15, 0.2) is 6.29 Å². The Morgan fingerprint density at radius 3 is 2.71 bits per heavy atom. The molecule has 2 rings (SSSR count). The van der Waals surface area contributed by atoms with Crippen LogP contribution in [-0.2, 0) is 20.7 Å². The van der Waals surface area contributed by atoms with Gasteiger partial charge in [0.25, 0.3) is 0 Å². The van der Waals surface area contributed by atoms with Gasteiger partial charge in [-0.2, -0.15) is 0 Å². The fourth-order valence-corrected chi connectivity index (χ4v) is 2.24. The number of carbonyl (C=O) groups is 1. The summed E-state index contributed by atoms with van der Waals surface area (Å²) < 4.78 is 24.1. The van der Waals surface area contributed by atoms with Gasteiger partial charge < -0.3 is 9.47 Å². The summed E-state index contributed by atoms with van der Waals surface area (Å²) in [5.74, 6) is -0.370. The number of carbonyl (C=O) groups excluding carboxylic acids is 1. The van der Waals surface area contributed by atoms with E-state index in [9.17, 15) is 9.18 Å². The molecule has 0 aromatic heterocycles. The summed E-state index contributed by atoms with van der Waals surface area (Å²) >= 11 is 3.19. The van der Waals surface area contributed by atoms with Crippen molar-refractivity contribution in [3.8, 4) is 0 Å². The van der Waals surface area contributed by atoms with E-state index in [0.29, 0.717) is 23.2 Å². The predicted octanol–water partition coefficient (Wildman–Crippen LogP) is 2.46. The van der Waals surface area contributed by atoms with Crippen molar-refractivity contribution in [3.05, 3.63) is 34.1 Å². The molecule has 5 heteroatoms. The van der Waals surface area contributed by atoms with E-state index in [4.69, 9.17) is 9.47 Å². The molecule has 1 aromatic rings. The van der Waals surface area contributed by atoms with E-state index in [1.54, 1.807) is 6.07 Å². The molecule has 0 spiro atoms. The van der Waals surface area contributed by atoms with Crippen LogP contribution in [0.25, 0.3) is 0 Å². The van der Waals surface area contributed by atoms with E-state index in [2.05, 4.69) is 15.9 Å². The molecule has 1 saturated heterocycles. The van der Waals surface area contributed by atoms with Crippen molar-refractivity contribution in [2.75, 3.05) is 13.2 Å². The van der Waals surface area contributed by atoms with Crippen LogP contribution in [0.4, 0.5) is 4.39 Å². The van der Waals surface area contributed by atoms with Gasteiger partial charge >= 0.3 is 0 Å². The number of benzene rings is 1. The summed E-state index contributed by atoms with van der Waals surface area (Å²) in [6.07, 6.45) is -0.0206. The first-order valence-corrected chi connectivity index (χ1v) is 6.12. The average molecular weight is 303 g/mol. The molecule has 0 aliphatic carbocycles. The first-order valence-electron chi connectivity index (χ1n) is 5.33. The van der Waals surface area contributed by atoms with Crippen LogP contribution in [-0.4, -0.2) is 25.3 Å². The molecular weight excluding hydrogens is 291 g/mol. The fourth-order valence-electron chi connectivity index (χ4n) is 1.72. The second-order valence-corrected chi connectivity index (χ2v) is 4.78. The Bertz CT molecular complexity index is 396. The SMILES string of the molecule is O=C(Cc1cc(F)cc(Br)c1)CC1OCCO1. The van der Waals surface area contributed by atoms with Gasteiger partial charge in [0, 0.05) is 10.9 Å². The summed E-state index contributed by atoms with van der Waals surface area (Å²) in [5.41, 5.74) is 0.653. The van der Waals surface area contributed by atoms with Crippen LogP contribution in [0.2, 0.25) is 0 Å². The Hall–Kier alpha value is -0.780. The minimum absolute atomic E-state index is 0.0191. The third-order valence-electron chi connectivity index (χ3n) is 2.41. The molecule has 0 atom stereocenters. The van der Waals surface area contributed by atoms with Gasteiger partial charge in [-0.25, -0.2) is 4.39 Å². The predicted molar refractivity (Wildman–Crippen MR) is 63.1 cm³/mol. The van der Waals surface area contributed by atoms with Gasteiger partial charge in [-0.3, -0.25) is 4.79 Å². The maximum Gasteiger partial charge on any atom is 0.164 e. The van der Waals surface area contributed by atoms with Crippen molar-refractivity contribution in [2.45, 2.75) is 19.1 Å². The first kappa shape index (κ1) is 12.7. The number of hydrogen-bond acceptors (Lipinski definition) is 3. The van der Waals surface area contributed by atoms with Gasteiger partial charge in [-0.05, 0) is 23.8 Å². The highest BCUT2D eigenvalue weighted by Gasteiger charge is 2.19. The van der Waals surface area contributed by atoms with E-state index in [1.165, 1.54) is 12.1 Å². The highest BCUT2D eigenvalue weighted by Crippen LogP contribution is 2.17. The Balaban J connectivity index is 1.92. The standard InChI is InChI=1S/C12H12BrFO3/c13-9-3-8(4-10(14)6-9)5-11(15)7-12-16-1-2-17-12/h3-4,6,12H,1-2,5,7H2. The van der Waals surface area contributed by atoms with Crippen LogP contribution in [0, 0.1) is 5.82 Å². The lowest BCUT2D eigenvalue weighted by Crippen LogP contribution is -2.15. The zero-order chi connectivity index (χ0) is 12.3. The summed E-state index contributed by atoms with van der Waals surface area (Å²) in [5, 5.41) is 0. The largest absolute Gasteiger partial charge is 0.350 e. The maximum absolute atomic E-state index is 13.1. The number of halogens is 2. The minimum atomic E-state index is -0.431. The van der Waals surface area contributed by atoms with Gasteiger partial charge in [0.2, 0.25) is 0 Å². The van der Waals surface area contributed by atoms with Gasteiger partial charge in [0.1, 0.15) is 11.6 Å². The smallest absolute Gasteiger partial charge is 0.164 e. The summed E-state index contributed by atoms with van der Waals surface area (Å²) in [6.45, 7) is 1.06. The molecule has 1 aliphatic heterocycles. The minimum Gasteiger partial charge on any atom is -0.350 e. The molecule has 0 N–H and O–H groups in total. The van der Waals surface area contributed by atoms with E-state index in [-0.39, 0.29) is 24.4 Å². The zero-order valence-corrected chi connectivity index (χ0v) is 10.7. The molecule has 1 aliphatic rings. The molecular formula is C12H12BrFO3. The molecule has 0 amide bonds. The number of ether oxygens (including phenoxy) is 2. The Kier molecular flexibility index (Phi) is 4.25. The molecule has 0 radical (unpaired) electrons. The lowest BCUT2D eigenvalue weighted by molar-refractivity contribution is -0.126. The Morgan fingerprint density at radius 2 is 2.06 bits per heavy atom. The van der Waals surface area contributed by atoms with E-state index in [1.807, 2.05) is 0 Å². The van der Waals surface area contributed by atoms with Crippen LogP contribution < -0.4 is 0 Å². The monoisotopic (exact) mass is 302 g/mol. The highest BCUT2D eigenvalue weighted by atomic mass is 79.9. The van der Waals surface area contributed by atoms with Gasteiger partial charge in [-0.1, -0.05) is 15.9 Å². The summed E-state index contributed by atoms with van der Waals surface area (Å²) in [7, 11) is 0. The third-order valence-corrected chi connectivity index (χ3v) is 2.87.